The zero-order valence-electron chi connectivity index (χ0n) is 13.7. The van der Waals surface area contributed by atoms with Crippen LogP contribution in [0.3, 0.4) is 0 Å². The number of hydrogen-bond acceptors (Lipinski definition) is 6. The van der Waals surface area contributed by atoms with Crippen molar-refractivity contribution in [3.8, 4) is 5.75 Å². The van der Waals surface area contributed by atoms with Gasteiger partial charge < -0.3 is 9.64 Å². The molecule has 0 saturated heterocycles. The van der Waals surface area contributed by atoms with E-state index in [0.717, 1.165) is 0 Å². The third-order valence-electron chi connectivity index (χ3n) is 3.48. The van der Waals surface area contributed by atoms with E-state index in [1.807, 2.05) is 0 Å². The van der Waals surface area contributed by atoms with Gasteiger partial charge in [-0.2, -0.15) is 4.98 Å². The van der Waals surface area contributed by atoms with E-state index in [2.05, 4.69) is 15.1 Å². The lowest BCUT2D eigenvalue weighted by Gasteiger charge is -2.17. The van der Waals surface area contributed by atoms with Crippen LogP contribution in [0.2, 0.25) is 0 Å². The number of methoxy groups -OCH3 is 1. The molecule has 2 aromatic heterocycles. The summed E-state index contributed by atoms with van der Waals surface area (Å²) >= 11 is 1.23. The summed E-state index contributed by atoms with van der Waals surface area (Å²) in [6.45, 7) is 0.306. The Balaban J connectivity index is 1.57. The third kappa shape index (κ3) is 4.05. The highest BCUT2D eigenvalue weighted by molar-refractivity contribution is 7.99. The lowest BCUT2D eigenvalue weighted by Crippen LogP contribution is -2.27. The number of carbonyl (C=O) groups is 1. The summed E-state index contributed by atoms with van der Waals surface area (Å²) in [5.41, 5.74) is 0.689. The maximum atomic E-state index is 13.7. The van der Waals surface area contributed by atoms with Gasteiger partial charge in [-0.3, -0.25) is 4.79 Å². The van der Waals surface area contributed by atoms with Gasteiger partial charge in [0, 0.05) is 26.0 Å². The maximum absolute atomic E-state index is 13.7. The Morgan fingerprint density at radius 1 is 1.44 bits per heavy atom. The molecule has 0 atom stereocenters. The molecule has 0 bridgehead atoms. The largest absolute Gasteiger partial charge is 0.494 e. The van der Waals surface area contributed by atoms with Crippen LogP contribution in [0.15, 0.2) is 41.8 Å². The predicted octanol–water partition coefficient (Wildman–Crippen LogP) is 2.02. The number of aromatic nitrogens is 4. The number of rotatable bonds is 6. The van der Waals surface area contributed by atoms with Crippen LogP contribution >= 0.6 is 11.8 Å². The van der Waals surface area contributed by atoms with Crippen molar-refractivity contribution < 1.29 is 13.9 Å². The molecule has 0 spiro atoms. The van der Waals surface area contributed by atoms with Crippen LogP contribution in [0.1, 0.15) is 5.56 Å². The number of thioether (sulfide) groups is 1. The molecule has 1 amide bonds. The van der Waals surface area contributed by atoms with Crippen molar-refractivity contribution >= 4 is 23.4 Å². The monoisotopic (exact) mass is 361 g/mol. The quantitative estimate of drug-likeness (QED) is 0.626. The van der Waals surface area contributed by atoms with Crippen LogP contribution in [0.25, 0.3) is 5.78 Å². The zero-order valence-corrected chi connectivity index (χ0v) is 14.5. The van der Waals surface area contributed by atoms with Crippen LogP contribution in [-0.4, -0.2) is 50.3 Å². The minimum absolute atomic E-state index is 0.104. The van der Waals surface area contributed by atoms with Crippen LogP contribution < -0.4 is 4.74 Å². The van der Waals surface area contributed by atoms with Gasteiger partial charge >= 0.3 is 0 Å². The predicted molar refractivity (Wildman–Crippen MR) is 90.9 cm³/mol. The van der Waals surface area contributed by atoms with Gasteiger partial charge in [0.15, 0.2) is 11.6 Å². The van der Waals surface area contributed by atoms with Gasteiger partial charge in [0.2, 0.25) is 11.1 Å². The summed E-state index contributed by atoms with van der Waals surface area (Å²) in [7, 11) is 3.08. The summed E-state index contributed by atoms with van der Waals surface area (Å²) in [5.74, 6) is 0.301. The fourth-order valence-corrected chi connectivity index (χ4v) is 2.95. The van der Waals surface area contributed by atoms with E-state index in [1.165, 1.54) is 29.8 Å². The first kappa shape index (κ1) is 17.2. The van der Waals surface area contributed by atoms with Gasteiger partial charge in [-0.25, -0.2) is 13.9 Å². The fourth-order valence-electron chi connectivity index (χ4n) is 2.18. The molecule has 0 fully saturated rings. The Bertz CT molecular complexity index is 868. The molecule has 0 unspecified atom stereocenters. The molecule has 3 aromatic rings. The third-order valence-corrected chi connectivity index (χ3v) is 4.31. The van der Waals surface area contributed by atoms with Gasteiger partial charge in [-0.15, -0.1) is 5.10 Å². The van der Waals surface area contributed by atoms with Crippen LogP contribution in [0.4, 0.5) is 4.39 Å². The second kappa shape index (κ2) is 7.47. The molecule has 25 heavy (non-hydrogen) atoms. The Labute approximate surface area is 147 Å². The number of fused-ring (bicyclic) bond motifs is 1. The van der Waals surface area contributed by atoms with Crippen LogP contribution in [0.5, 0.6) is 5.75 Å². The summed E-state index contributed by atoms with van der Waals surface area (Å²) < 4.78 is 20.2. The fraction of sp³-hybridized carbons (Fsp3) is 0.250. The molecule has 0 aliphatic carbocycles. The summed E-state index contributed by atoms with van der Waals surface area (Å²) in [6.07, 6.45) is 3.37. The Morgan fingerprint density at radius 2 is 2.28 bits per heavy atom. The number of benzene rings is 1. The van der Waals surface area contributed by atoms with E-state index >= 15 is 0 Å². The van der Waals surface area contributed by atoms with Crippen molar-refractivity contribution in [1.29, 1.82) is 0 Å². The normalized spacial score (nSPS) is 10.8. The maximum Gasteiger partial charge on any atom is 0.253 e. The first-order valence-electron chi connectivity index (χ1n) is 7.43. The number of ether oxygens (including phenoxy) is 1. The van der Waals surface area contributed by atoms with Crippen molar-refractivity contribution in [1.82, 2.24) is 24.5 Å². The molecule has 0 saturated carbocycles. The number of carbonyl (C=O) groups excluding carboxylic acids is 1. The molecule has 2 heterocycles. The highest BCUT2D eigenvalue weighted by Gasteiger charge is 2.13. The molecule has 0 aliphatic heterocycles. The van der Waals surface area contributed by atoms with E-state index in [1.54, 1.807) is 42.2 Å². The molecule has 0 N–H and O–H groups in total. The van der Waals surface area contributed by atoms with Gasteiger partial charge in [0.1, 0.15) is 0 Å². The molecule has 130 valence electrons. The van der Waals surface area contributed by atoms with E-state index in [4.69, 9.17) is 4.74 Å². The number of nitrogens with zero attached hydrogens (tertiary/aromatic N) is 5. The Morgan fingerprint density at radius 3 is 3.00 bits per heavy atom. The van der Waals surface area contributed by atoms with Crippen molar-refractivity contribution in [2.75, 3.05) is 19.9 Å². The summed E-state index contributed by atoms with van der Waals surface area (Å²) in [4.78, 5) is 22.1. The van der Waals surface area contributed by atoms with Crippen LogP contribution in [-0.2, 0) is 11.3 Å². The lowest BCUT2D eigenvalue weighted by atomic mass is 10.2. The van der Waals surface area contributed by atoms with Gasteiger partial charge in [-0.05, 0) is 23.8 Å². The second-order valence-corrected chi connectivity index (χ2v) is 6.21. The van der Waals surface area contributed by atoms with Gasteiger partial charge in [0.05, 0.1) is 12.9 Å². The highest BCUT2D eigenvalue weighted by atomic mass is 32.2. The molecular weight excluding hydrogens is 345 g/mol. The minimum Gasteiger partial charge on any atom is -0.494 e. The molecule has 0 radical (unpaired) electrons. The SMILES string of the molecule is COc1ccc(CN(C)C(=O)CSc2nc3ncccn3n2)cc1F. The Kier molecular flexibility index (Phi) is 5.13. The standard InChI is InChI=1S/C16H16FN5O2S/c1-21(9-11-4-5-13(24-2)12(17)8-11)14(23)10-25-16-19-15-18-6-3-7-22(15)20-16/h3-8H,9-10H2,1-2H3. The summed E-state index contributed by atoms with van der Waals surface area (Å²) in [6, 6.07) is 6.40. The lowest BCUT2D eigenvalue weighted by molar-refractivity contribution is -0.127. The van der Waals surface area contributed by atoms with Crippen molar-refractivity contribution in [2.45, 2.75) is 11.7 Å². The van der Waals surface area contributed by atoms with Crippen molar-refractivity contribution in [2.24, 2.45) is 0 Å². The Hall–Kier alpha value is -2.68. The summed E-state index contributed by atoms with van der Waals surface area (Å²) in [5, 5.41) is 4.71. The first-order chi connectivity index (χ1) is 12.1. The molecule has 7 nitrogen and oxygen atoms in total. The van der Waals surface area contributed by atoms with Crippen LogP contribution in [0, 0.1) is 5.82 Å². The number of amides is 1. The molecule has 3 rings (SSSR count). The smallest absolute Gasteiger partial charge is 0.253 e. The molecule has 1 aromatic carbocycles. The van der Waals surface area contributed by atoms with Crippen molar-refractivity contribution in [3.63, 3.8) is 0 Å². The minimum atomic E-state index is -0.448. The topological polar surface area (TPSA) is 72.6 Å². The van der Waals surface area contributed by atoms with E-state index in [-0.39, 0.29) is 17.4 Å². The zero-order chi connectivity index (χ0) is 17.8. The van der Waals surface area contributed by atoms with E-state index in [9.17, 15) is 9.18 Å². The molecular formula is C16H16FN5O2S. The van der Waals surface area contributed by atoms with Gasteiger partial charge in [-0.1, -0.05) is 17.8 Å². The molecule has 0 aliphatic rings. The average molecular weight is 361 g/mol. The number of halogens is 1. The van der Waals surface area contributed by atoms with E-state index in [0.29, 0.717) is 23.0 Å². The first-order valence-corrected chi connectivity index (χ1v) is 8.42. The van der Waals surface area contributed by atoms with Gasteiger partial charge in [0.25, 0.3) is 5.78 Å². The second-order valence-electron chi connectivity index (χ2n) is 5.27. The average Bonchev–Trinajstić information content (AvgIpc) is 3.02. The number of hydrogen-bond donors (Lipinski definition) is 0. The highest BCUT2D eigenvalue weighted by Crippen LogP contribution is 2.19. The van der Waals surface area contributed by atoms with Crippen molar-refractivity contribution in [3.05, 3.63) is 48.0 Å². The molecule has 9 heteroatoms. The van der Waals surface area contributed by atoms with E-state index < -0.39 is 5.82 Å².